The third-order valence-electron chi connectivity index (χ3n) is 3.99. The van der Waals surface area contributed by atoms with E-state index >= 15 is 0 Å². The van der Waals surface area contributed by atoms with Crippen LogP contribution >= 0.6 is 15.9 Å². The van der Waals surface area contributed by atoms with E-state index < -0.39 is 0 Å². The van der Waals surface area contributed by atoms with Crippen molar-refractivity contribution < 1.29 is 4.39 Å². The predicted octanol–water partition coefficient (Wildman–Crippen LogP) is 4.30. The van der Waals surface area contributed by atoms with Crippen molar-refractivity contribution in [1.29, 1.82) is 0 Å². The van der Waals surface area contributed by atoms with Crippen LogP contribution < -0.4 is 5.32 Å². The lowest BCUT2D eigenvalue weighted by molar-refractivity contribution is 0.276. The van der Waals surface area contributed by atoms with Crippen molar-refractivity contribution in [2.75, 3.05) is 13.1 Å². The highest BCUT2D eigenvalue weighted by atomic mass is 79.9. The van der Waals surface area contributed by atoms with Crippen molar-refractivity contribution in [3.63, 3.8) is 0 Å². The van der Waals surface area contributed by atoms with Gasteiger partial charge in [0.25, 0.3) is 0 Å². The normalized spacial score (nSPS) is 18.2. The molecule has 0 unspecified atom stereocenters. The first-order valence-electron chi connectivity index (χ1n) is 6.80. The second-order valence-corrected chi connectivity index (χ2v) is 6.32. The third kappa shape index (κ3) is 3.33. The largest absolute Gasteiger partial charge is 0.316 e. The van der Waals surface area contributed by atoms with Gasteiger partial charge in [-0.15, -0.1) is 0 Å². The smallest absolute Gasteiger partial charge is 0.126 e. The van der Waals surface area contributed by atoms with Gasteiger partial charge in [0.05, 0.1) is 0 Å². The third-order valence-corrected chi connectivity index (χ3v) is 4.48. The number of hydrogen-bond donors (Lipinski definition) is 1. The zero-order valence-corrected chi connectivity index (χ0v) is 12.5. The van der Waals surface area contributed by atoms with Crippen LogP contribution in [0, 0.1) is 11.2 Å². The van der Waals surface area contributed by atoms with E-state index in [0.29, 0.717) is 0 Å². The second-order valence-electron chi connectivity index (χ2n) is 5.40. The summed E-state index contributed by atoms with van der Waals surface area (Å²) in [7, 11) is 0. The molecule has 18 heavy (non-hydrogen) atoms. The van der Waals surface area contributed by atoms with Crippen LogP contribution in [0.4, 0.5) is 4.39 Å². The molecule has 0 radical (unpaired) electrons. The molecule has 1 N–H and O–H groups in total. The molecule has 100 valence electrons. The van der Waals surface area contributed by atoms with E-state index in [9.17, 15) is 4.39 Å². The van der Waals surface area contributed by atoms with Gasteiger partial charge in [0.15, 0.2) is 0 Å². The van der Waals surface area contributed by atoms with Crippen molar-refractivity contribution in [2.24, 2.45) is 5.41 Å². The summed E-state index contributed by atoms with van der Waals surface area (Å²) in [4.78, 5) is 0. The van der Waals surface area contributed by atoms with Gasteiger partial charge in [-0.05, 0) is 55.0 Å². The average molecular weight is 314 g/mol. The molecule has 1 fully saturated rings. The van der Waals surface area contributed by atoms with Crippen molar-refractivity contribution in [2.45, 2.75) is 39.0 Å². The number of rotatable bonds is 5. The molecular formula is C15H21BrFN. The quantitative estimate of drug-likeness (QED) is 0.854. The van der Waals surface area contributed by atoms with Crippen LogP contribution in [0.2, 0.25) is 0 Å². The highest BCUT2D eigenvalue weighted by Gasteiger charge is 2.34. The molecule has 0 atom stereocenters. The van der Waals surface area contributed by atoms with Crippen molar-refractivity contribution in [3.05, 3.63) is 34.1 Å². The summed E-state index contributed by atoms with van der Waals surface area (Å²) < 4.78 is 14.8. The van der Waals surface area contributed by atoms with E-state index in [0.717, 1.165) is 29.5 Å². The van der Waals surface area contributed by atoms with Gasteiger partial charge in [0.2, 0.25) is 0 Å². The predicted molar refractivity (Wildman–Crippen MR) is 77.2 cm³/mol. The van der Waals surface area contributed by atoms with E-state index in [-0.39, 0.29) is 11.2 Å². The molecule has 1 aliphatic rings. The zero-order valence-electron chi connectivity index (χ0n) is 10.9. The molecule has 0 spiro atoms. The van der Waals surface area contributed by atoms with Crippen LogP contribution in [0.1, 0.15) is 38.2 Å². The minimum absolute atomic E-state index is 0.0685. The summed E-state index contributed by atoms with van der Waals surface area (Å²) in [6, 6.07) is 5.26. The summed E-state index contributed by atoms with van der Waals surface area (Å²) in [5.74, 6) is -0.0685. The lowest BCUT2D eigenvalue weighted by atomic mass is 9.80. The Morgan fingerprint density at radius 3 is 2.72 bits per heavy atom. The van der Waals surface area contributed by atoms with Gasteiger partial charge >= 0.3 is 0 Å². The summed E-state index contributed by atoms with van der Waals surface area (Å²) in [6.45, 7) is 4.13. The summed E-state index contributed by atoms with van der Waals surface area (Å²) in [5, 5.41) is 3.45. The van der Waals surface area contributed by atoms with Crippen LogP contribution in [-0.4, -0.2) is 13.1 Å². The molecule has 0 amide bonds. The van der Waals surface area contributed by atoms with Crippen molar-refractivity contribution in [1.82, 2.24) is 5.32 Å². The van der Waals surface area contributed by atoms with Crippen LogP contribution in [0.3, 0.4) is 0 Å². The first-order chi connectivity index (χ1) is 8.65. The van der Waals surface area contributed by atoms with Crippen LogP contribution in [0.15, 0.2) is 22.7 Å². The molecule has 1 aromatic rings. The van der Waals surface area contributed by atoms with Crippen LogP contribution in [0.5, 0.6) is 0 Å². The fraction of sp³-hybridized carbons (Fsp3) is 0.600. The van der Waals surface area contributed by atoms with E-state index in [1.807, 2.05) is 6.07 Å². The Bertz CT molecular complexity index is 399. The second kappa shape index (κ2) is 6.16. The van der Waals surface area contributed by atoms with Gasteiger partial charge in [-0.1, -0.05) is 35.7 Å². The van der Waals surface area contributed by atoms with E-state index in [2.05, 4.69) is 28.2 Å². The van der Waals surface area contributed by atoms with E-state index in [4.69, 9.17) is 0 Å². The summed E-state index contributed by atoms with van der Waals surface area (Å²) in [6.07, 6.45) is 5.84. The fourth-order valence-electron chi connectivity index (χ4n) is 3.01. The highest BCUT2D eigenvalue weighted by molar-refractivity contribution is 9.10. The Kier molecular flexibility index (Phi) is 4.79. The Morgan fingerprint density at radius 1 is 1.33 bits per heavy atom. The molecule has 1 nitrogen and oxygen atoms in total. The minimum Gasteiger partial charge on any atom is -0.316 e. The molecule has 3 heteroatoms. The SMILES string of the molecule is CCNCC1(Cc2cc(Br)ccc2F)CCCC1. The van der Waals surface area contributed by atoms with Crippen LogP contribution in [0.25, 0.3) is 0 Å². The molecule has 1 saturated carbocycles. The summed E-state index contributed by atoms with van der Waals surface area (Å²) in [5.41, 5.74) is 1.11. The van der Waals surface area contributed by atoms with Gasteiger partial charge in [0, 0.05) is 11.0 Å². The van der Waals surface area contributed by atoms with Gasteiger partial charge in [-0.25, -0.2) is 4.39 Å². The standard InChI is InChI=1S/C15H21BrFN/c1-2-18-11-15(7-3-4-8-15)10-12-9-13(16)5-6-14(12)17/h5-6,9,18H,2-4,7-8,10-11H2,1H3. The minimum atomic E-state index is -0.0685. The van der Waals surface area contributed by atoms with Gasteiger partial charge < -0.3 is 5.32 Å². The summed E-state index contributed by atoms with van der Waals surface area (Å²) >= 11 is 3.43. The molecule has 0 bridgehead atoms. The molecule has 1 aliphatic carbocycles. The lowest BCUT2D eigenvalue weighted by Crippen LogP contribution is -2.34. The molecule has 0 saturated heterocycles. The molecule has 0 aromatic heterocycles. The van der Waals surface area contributed by atoms with Crippen molar-refractivity contribution >= 4 is 15.9 Å². The molecule has 2 rings (SSSR count). The van der Waals surface area contributed by atoms with Gasteiger partial charge in [-0.2, -0.15) is 0 Å². The lowest BCUT2D eigenvalue weighted by Gasteiger charge is -2.29. The first kappa shape index (κ1) is 14.0. The monoisotopic (exact) mass is 313 g/mol. The average Bonchev–Trinajstić information content (AvgIpc) is 2.80. The number of benzene rings is 1. The van der Waals surface area contributed by atoms with Crippen molar-refractivity contribution in [3.8, 4) is 0 Å². The number of hydrogen-bond acceptors (Lipinski definition) is 1. The molecular weight excluding hydrogens is 293 g/mol. The maximum Gasteiger partial charge on any atom is 0.126 e. The molecule has 0 heterocycles. The topological polar surface area (TPSA) is 12.0 Å². The van der Waals surface area contributed by atoms with E-state index in [1.54, 1.807) is 12.1 Å². The zero-order chi connectivity index (χ0) is 13.0. The Hall–Kier alpha value is -0.410. The Morgan fingerprint density at radius 2 is 2.06 bits per heavy atom. The maximum absolute atomic E-state index is 13.9. The number of halogens is 2. The fourth-order valence-corrected chi connectivity index (χ4v) is 3.42. The maximum atomic E-state index is 13.9. The highest BCUT2D eigenvalue weighted by Crippen LogP contribution is 2.41. The molecule has 1 aromatic carbocycles. The first-order valence-corrected chi connectivity index (χ1v) is 7.59. The van der Waals surface area contributed by atoms with Crippen LogP contribution in [-0.2, 0) is 6.42 Å². The van der Waals surface area contributed by atoms with E-state index in [1.165, 1.54) is 25.7 Å². The number of nitrogens with one attached hydrogen (secondary N) is 1. The Labute approximate surface area is 117 Å². The Balaban J connectivity index is 2.15. The van der Waals surface area contributed by atoms with Gasteiger partial charge in [-0.3, -0.25) is 0 Å². The molecule has 0 aliphatic heterocycles. The van der Waals surface area contributed by atoms with Gasteiger partial charge in [0.1, 0.15) is 5.82 Å².